The minimum atomic E-state index is -4.02. The molecule has 0 aliphatic carbocycles. The lowest BCUT2D eigenvalue weighted by atomic mass is 10.0. The van der Waals surface area contributed by atoms with Crippen LogP contribution in [0.1, 0.15) is 10.4 Å². The number of hydrogen-bond acceptors (Lipinski definition) is 5. The van der Waals surface area contributed by atoms with Gasteiger partial charge in [0.15, 0.2) is 6.29 Å². The van der Waals surface area contributed by atoms with Crippen molar-refractivity contribution in [2.75, 3.05) is 12.4 Å². The SMILES string of the molecule is COc1c(C=O)cc(S(N)(=O)=O)cc1-c1cccc(NC(N)=O)c1. The fourth-order valence-electron chi connectivity index (χ4n) is 2.22. The number of primary amides is 1. The van der Waals surface area contributed by atoms with Crippen LogP contribution in [0.2, 0.25) is 0 Å². The number of primary sulfonamides is 1. The number of carbonyl (C=O) groups is 2. The van der Waals surface area contributed by atoms with Crippen molar-refractivity contribution in [1.29, 1.82) is 0 Å². The molecule has 24 heavy (non-hydrogen) atoms. The van der Waals surface area contributed by atoms with Crippen molar-refractivity contribution in [3.8, 4) is 16.9 Å². The lowest BCUT2D eigenvalue weighted by molar-refractivity contribution is 0.112. The lowest BCUT2D eigenvalue weighted by Crippen LogP contribution is -2.19. The molecular formula is C15H15N3O5S. The Bertz CT molecular complexity index is 909. The van der Waals surface area contributed by atoms with Gasteiger partial charge in [0.25, 0.3) is 0 Å². The molecule has 2 rings (SSSR count). The molecule has 126 valence electrons. The van der Waals surface area contributed by atoms with Crippen molar-refractivity contribution >= 4 is 28.0 Å². The maximum absolute atomic E-state index is 11.6. The van der Waals surface area contributed by atoms with Crippen LogP contribution >= 0.6 is 0 Å². The van der Waals surface area contributed by atoms with E-state index in [-0.39, 0.29) is 16.2 Å². The van der Waals surface area contributed by atoms with Gasteiger partial charge in [0, 0.05) is 11.3 Å². The van der Waals surface area contributed by atoms with Crippen LogP contribution in [-0.4, -0.2) is 27.8 Å². The third-order valence-electron chi connectivity index (χ3n) is 3.19. The summed E-state index contributed by atoms with van der Waals surface area (Å²) in [4.78, 5) is 22.0. The second-order valence-corrected chi connectivity index (χ2v) is 6.39. The minimum Gasteiger partial charge on any atom is -0.495 e. The smallest absolute Gasteiger partial charge is 0.316 e. The fourth-order valence-corrected chi connectivity index (χ4v) is 2.80. The number of sulfonamides is 1. The molecule has 0 atom stereocenters. The molecule has 0 spiro atoms. The normalized spacial score (nSPS) is 10.9. The number of rotatable bonds is 5. The van der Waals surface area contributed by atoms with Gasteiger partial charge in [0.05, 0.1) is 17.6 Å². The Hall–Kier alpha value is -2.91. The Morgan fingerprint density at radius 2 is 1.96 bits per heavy atom. The summed E-state index contributed by atoms with van der Waals surface area (Å²) in [5.41, 5.74) is 6.35. The molecule has 0 heterocycles. The number of nitrogens with two attached hydrogens (primary N) is 2. The van der Waals surface area contributed by atoms with Crippen molar-refractivity contribution < 1.29 is 22.7 Å². The van der Waals surface area contributed by atoms with Crippen molar-refractivity contribution in [3.05, 3.63) is 42.0 Å². The molecule has 0 aromatic heterocycles. The predicted octanol–water partition coefficient (Wildman–Crippen LogP) is 1.31. The maximum atomic E-state index is 11.6. The van der Waals surface area contributed by atoms with E-state index in [0.717, 1.165) is 6.07 Å². The zero-order chi connectivity index (χ0) is 17.9. The summed E-state index contributed by atoms with van der Waals surface area (Å²) in [6.07, 6.45) is 0.475. The molecule has 0 bridgehead atoms. The molecule has 9 heteroatoms. The minimum absolute atomic E-state index is 0.0345. The molecule has 2 amide bonds. The Morgan fingerprint density at radius 3 is 2.50 bits per heavy atom. The van der Waals surface area contributed by atoms with E-state index in [1.165, 1.54) is 13.2 Å². The quantitative estimate of drug-likeness (QED) is 0.698. The van der Waals surface area contributed by atoms with Gasteiger partial charge in [-0.1, -0.05) is 12.1 Å². The molecule has 0 aliphatic heterocycles. The van der Waals surface area contributed by atoms with Gasteiger partial charge in [0.2, 0.25) is 10.0 Å². The fraction of sp³-hybridized carbons (Fsp3) is 0.0667. The number of nitrogens with one attached hydrogen (secondary N) is 1. The summed E-state index contributed by atoms with van der Waals surface area (Å²) in [6.45, 7) is 0. The van der Waals surface area contributed by atoms with Crippen LogP contribution in [0, 0.1) is 0 Å². The Balaban J connectivity index is 2.72. The maximum Gasteiger partial charge on any atom is 0.316 e. The van der Waals surface area contributed by atoms with Crippen LogP contribution in [0.25, 0.3) is 11.1 Å². The number of benzene rings is 2. The largest absolute Gasteiger partial charge is 0.495 e. The molecule has 0 unspecified atom stereocenters. The molecule has 5 N–H and O–H groups in total. The number of anilines is 1. The molecule has 0 fully saturated rings. The third kappa shape index (κ3) is 3.70. The number of carbonyl (C=O) groups excluding carboxylic acids is 2. The first kappa shape index (κ1) is 17.4. The van der Waals surface area contributed by atoms with E-state index in [2.05, 4.69) is 5.32 Å². The standard InChI is InChI=1S/C15H15N3O5S/c1-23-14-10(8-19)6-12(24(17,21)22)7-13(14)9-3-2-4-11(5-9)18-15(16)20/h2-8H,1H3,(H3,16,18,20)(H2,17,21,22). The number of hydrogen-bond donors (Lipinski definition) is 3. The first-order valence-corrected chi connectivity index (χ1v) is 8.18. The number of aldehydes is 1. The molecule has 0 aliphatic rings. The van der Waals surface area contributed by atoms with Gasteiger partial charge in [-0.15, -0.1) is 0 Å². The summed E-state index contributed by atoms with van der Waals surface area (Å²) in [5.74, 6) is 0.189. The van der Waals surface area contributed by atoms with Crippen LogP contribution in [0.4, 0.5) is 10.5 Å². The van der Waals surface area contributed by atoms with Crippen molar-refractivity contribution in [3.63, 3.8) is 0 Å². The number of ether oxygens (including phenoxy) is 1. The van der Waals surface area contributed by atoms with E-state index in [4.69, 9.17) is 15.6 Å². The molecule has 0 radical (unpaired) electrons. The molecule has 2 aromatic carbocycles. The van der Waals surface area contributed by atoms with Gasteiger partial charge in [0.1, 0.15) is 5.75 Å². The van der Waals surface area contributed by atoms with E-state index in [1.807, 2.05) is 0 Å². The predicted molar refractivity (Wildman–Crippen MR) is 88.4 cm³/mol. The summed E-state index contributed by atoms with van der Waals surface area (Å²) in [7, 11) is -2.67. The molecule has 0 saturated carbocycles. The zero-order valence-electron chi connectivity index (χ0n) is 12.6. The van der Waals surface area contributed by atoms with Crippen molar-refractivity contribution in [1.82, 2.24) is 0 Å². The second-order valence-electron chi connectivity index (χ2n) is 4.83. The number of amides is 2. The molecule has 0 saturated heterocycles. The van der Waals surface area contributed by atoms with E-state index in [0.29, 0.717) is 23.1 Å². The topological polar surface area (TPSA) is 142 Å². The van der Waals surface area contributed by atoms with Crippen LogP contribution < -0.4 is 20.9 Å². The van der Waals surface area contributed by atoms with Crippen LogP contribution in [0.5, 0.6) is 5.75 Å². The molecule has 8 nitrogen and oxygen atoms in total. The summed E-state index contributed by atoms with van der Waals surface area (Å²) in [5, 5.41) is 7.57. The number of urea groups is 1. The average Bonchev–Trinajstić information content (AvgIpc) is 2.52. The third-order valence-corrected chi connectivity index (χ3v) is 4.08. The van der Waals surface area contributed by atoms with Gasteiger partial charge >= 0.3 is 6.03 Å². The van der Waals surface area contributed by atoms with Crippen LogP contribution in [-0.2, 0) is 10.0 Å². The Labute approximate surface area is 138 Å². The zero-order valence-corrected chi connectivity index (χ0v) is 13.5. The molecule has 2 aromatic rings. The van der Waals surface area contributed by atoms with E-state index >= 15 is 0 Å². The Morgan fingerprint density at radius 1 is 1.25 bits per heavy atom. The van der Waals surface area contributed by atoms with E-state index < -0.39 is 16.1 Å². The van der Waals surface area contributed by atoms with Crippen molar-refractivity contribution in [2.24, 2.45) is 10.9 Å². The average molecular weight is 349 g/mol. The first-order chi connectivity index (χ1) is 11.3. The van der Waals surface area contributed by atoms with E-state index in [9.17, 15) is 18.0 Å². The highest BCUT2D eigenvalue weighted by atomic mass is 32.2. The number of methoxy groups -OCH3 is 1. The summed E-state index contributed by atoms with van der Waals surface area (Å²) < 4.78 is 28.5. The summed E-state index contributed by atoms with van der Waals surface area (Å²) in [6, 6.07) is 8.14. The van der Waals surface area contributed by atoms with Gasteiger partial charge in [-0.2, -0.15) is 0 Å². The second kappa shape index (κ2) is 6.69. The van der Waals surface area contributed by atoms with Gasteiger partial charge < -0.3 is 15.8 Å². The Kier molecular flexibility index (Phi) is 4.86. The molecular weight excluding hydrogens is 334 g/mol. The highest BCUT2D eigenvalue weighted by Crippen LogP contribution is 2.35. The monoisotopic (exact) mass is 349 g/mol. The van der Waals surface area contributed by atoms with Gasteiger partial charge in [-0.25, -0.2) is 18.4 Å². The van der Waals surface area contributed by atoms with Crippen molar-refractivity contribution in [2.45, 2.75) is 4.90 Å². The van der Waals surface area contributed by atoms with Gasteiger partial charge in [-0.05, 0) is 29.8 Å². The first-order valence-electron chi connectivity index (χ1n) is 6.63. The van der Waals surface area contributed by atoms with E-state index in [1.54, 1.807) is 24.3 Å². The lowest BCUT2D eigenvalue weighted by Gasteiger charge is -2.14. The summed E-state index contributed by atoms with van der Waals surface area (Å²) >= 11 is 0. The van der Waals surface area contributed by atoms with Crippen LogP contribution in [0.15, 0.2) is 41.3 Å². The van der Waals surface area contributed by atoms with Gasteiger partial charge in [-0.3, -0.25) is 4.79 Å². The van der Waals surface area contributed by atoms with Crippen LogP contribution in [0.3, 0.4) is 0 Å². The highest BCUT2D eigenvalue weighted by Gasteiger charge is 2.18. The highest BCUT2D eigenvalue weighted by molar-refractivity contribution is 7.89.